The van der Waals surface area contributed by atoms with Crippen molar-refractivity contribution in [3.63, 3.8) is 0 Å². The van der Waals surface area contributed by atoms with Crippen LogP contribution in [0.25, 0.3) is 0 Å². The number of amides is 2. The van der Waals surface area contributed by atoms with Crippen LogP contribution in [0.3, 0.4) is 0 Å². The first-order valence-electron chi connectivity index (χ1n) is 10.4. The highest BCUT2D eigenvalue weighted by Crippen LogP contribution is 2.26. The molecule has 0 aromatic heterocycles. The number of ether oxygens (including phenoxy) is 3. The SMILES string of the molecule is CC(C)(C)OC(=O)N1CC(COc2ccc(C#N)c(F)c2)(NC(=O)OCc2ccccc2)C1. The standard InChI is InChI=1S/C24H26FN3O5/c1-23(2,3)33-22(30)28-14-24(15-28,16-32-19-10-9-18(12-26)20(25)11-19)27-21(29)31-13-17-7-5-4-6-8-17/h4-11H,13-16H2,1-3H3,(H,27,29). The maximum absolute atomic E-state index is 13.9. The molecule has 1 aliphatic rings. The van der Waals surface area contributed by atoms with Crippen LogP contribution in [0.15, 0.2) is 48.5 Å². The summed E-state index contributed by atoms with van der Waals surface area (Å²) in [6.07, 6.45) is -1.18. The molecule has 0 bridgehead atoms. The molecule has 0 radical (unpaired) electrons. The first kappa shape index (κ1) is 23.9. The number of nitriles is 1. The second kappa shape index (κ2) is 9.77. The maximum Gasteiger partial charge on any atom is 0.410 e. The van der Waals surface area contributed by atoms with Crippen molar-refractivity contribution in [1.29, 1.82) is 5.26 Å². The number of nitrogens with zero attached hydrogens (tertiary/aromatic N) is 2. The Bertz CT molecular complexity index is 1040. The van der Waals surface area contributed by atoms with Crippen molar-refractivity contribution in [2.75, 3.05) is 19.7 Å². The summed E-state index contributed by atoms with van der Waals surface area (Å²) < 4.78 is 30.3. The van der Waals surface area contributed by atoms with E-state index in [1.807, 2.05) is 30.3 Å². The molecule has 2 aromatic carbocycles. The van der Waals surface area contributed by atoms with Gasteiger partial charge in [0.15, 0.2) is 0 Å². The van der Waals surface area contributed by atoms with E-state index in [9.17, 15) is 14.0 Å². The average molecular weight is 455 g/mol. The minimum Gasteiger partial charge on any atom is -0.491 e. The van der Waals surface area contributed by atoms with Crippen molar-refractivity contribution in [2.45, 2.75) is 38.5 Å². The molecule has 9 heteroatoms. The van der Waals surface area contributed by atoms with Gasteiger partial charge in [0.05, 0.1) is 18.7 Å². The zero-order chi connectivity index (χ0) is 24.1. The van der Waals surface area contributed by atoms with Crippen LogP contribution in [-0.2, 0) is 16.1 Å². The summed E-state index contributed by atoms with van der Waals surface area (Å²) in [7, 11) is 0. The molecule has 1 aliphatic heterocycles. The molecule has 1 saturated heterocycles. The summed E-state index contributed by atoms with van der Waals surface area (Å²) in [5.74, 6) is -0.510. The van der Waals surface area contributed by atoms with Gasteiger partial charge < -0.3 is 24.4 Å². The highest BCUT2D eigenvalue weighted by molar-refractivity contribution is 5.72. The van der Waals surface area contributed by atoms with Gasteiger partial charge in [0.2, 0.25) is 0 Å². The molecule has 33 heavy (non-hydrogen) atoms. The molecule has 3 rings (SSSR count). The molecular formula is C24H26FN3O5. The Morgan fingerprint density at radius 3 is 2.48 bits per heavy atom. The summed E-state index contributed by atoms with van der Waals surface area (Å²) >= 11 is 0. The molecule has 1 fully saturated rings. The maximum atomic E-state index is 13.9. The van der Waals surface area contributed by atoms with Gasteiger partial charge in [-0.1, -0.05) is 30.3 Å². The fourth-order valence-electron chi connectivity index (χ4n) is 3.22. The molecule has 0 spiro atoms. The lowest BCUT2D eigenvalue weighted by Gasteiger charge is -2.49. The van der Waals surface area contributed by atoms with Crippen LogP contribution in [0.2, 0.25) is 0 Å². The molecule has 0 unspecified atom stereocenters. The van der Waals surface area contributed by atoms with E-state index in [1.165, 1.54) is 17.0 Å². The summed E-state index contributed by atoms with van der Waals surface area (Å²) in [6.45, 7) is 5.58. The van der Waals surface area contributed by atoms with Gasteiger partial charge in [-0.3, -0.25) is 0 Å². The summed E-state index contributed by atoms with van der Waals surface area (Å²) in [4.78, 5) is 26.2. The van der Waals surface area contributed by atoms with Crippen LogP contribution < -0.4 is 10.1 Å². The second-order valence-electron chi connectivity index (χ2n) is 8.85. The van der Waals surface area contributed by atoms with Gasteiger partial charge in [0, 0.05) is 6.07 Å². The van der Waals surface area contributed by atoms with E-state index in [0.717, 1.165) is 11.6 Å². The first-order chi connectivity index (χ1) is 15.6. The van der Waals surface area contributed by atoms with Gasteiger partial charge in [-0.05, 0) is 38.5 Å². The van der Waals surface area contributed by atoms with Gasteiger partial charge in [-0.15, -0.1) is 0 Å². The van der Waals surface area contributed by atoms with Crippen molar-refractivity contribution in [3.05, 3.63) is 65.5 Å². The molecule has 1 N–H and O–H groups in total. The number of likely N-dealkylation sites (tertiary alicyclic amines) is 1. The molecule has 0 saturated carbocycles. The summed E-state index contributed by atoms with van der Waals surface area (Å²) in [5, 5.41) is 11.6. The van der Waals surface area contributed by atoms with E-state index >= 15 is 0 Å². The van der Waals surface area contributed by atoms with E-state index in [4.69, 9.17) is 19.5 Å². The Labute approximate surface area is 191 Å². The lowest BCUT2D eigenvalue weighted by atomic mass is 9.91. The lowest BCUT2D eigenvalue weighted by Crippen LogP contribution is -2.74. The number of carbonyl (C=O) groups is 2. The monoisotopic (exact) mass is 455 g/mol. The third-order valence-corrected chi connectivity index (χ3v) is 4.79. The van der Waals surface area contributed by atoms with Crippen LogP contribution in [0.5, 0.6) is 5.75 Å². The Morgan fingerprint density at radius 2 is 1.88 bits per heavy atom. The highest BCUT2D eigenvalue weighted by atomic mass is 19.1. The largest absolute Gasteiger partial charge is 0.491 e. The third kappa shape index (κ3) is 6.59. The van der Waals surface area contributed by atoms with Crippen LogP contribution in [0, 0.1) is 17.1 Å². The number of alkyl carbamates (subject to hydrolysis) is 1. The van der Waals surface area contributed by atoms with E-state index in [0.29, 0.717) is 0 Å². The second-order valence-corrected chi connectivity index (χ2v) is 8.85. The Morgan fingerprint density at radius 1 is 1.18 bits per heavy atom. The third-order valence-electron chi connectivity index (χ3n) is 4.79. The topological polar surface area (TPSA) is 101 Å². The summed E-state index contributed by atoms with van der Waals surface area (Å²) in [6, 6.07) is 14.8. The van der Waals surface area contributed by atoms with Crippen molar-refractivity contribution in [2.24, 2.45) is 0 Å². The molecule has 1 heterocycles. The number of rotatable bonds is 6. The van der Waals surface area contributed by atoms with Gasteiger partial charge in [0.25, 0.3) is 0 Å². The average Bonchev–Trinajstić information content (AvgIpc) is 2.73. The molecule has 174 valence electrons. The highest BCUT2D eigenvalue weighted by Gasteiger charge is 2.49. The van der Waals surface area contributed by atoms with Gasteiger partial charge in [0.1, 0.15) is 42.0 Å². The zero-order valence-corrected chi connectivity index (χ0v) is 18.8. The minimum absolute atomic E-state index is 0.0436. The first-order valence-corrected chi connectivity index (χ1v) is 10.4. The molecular weight excluding hydrogens is 429 g/mol. The molecule has 2 aromatic rings. The van der Waals surface area contributed by atoms with Crippen LogP contribution in [-0.4, -0.2) is 47.9 Å². The van der Waals surface area contributed by atoms with Gasteiger partial charge in [-0.25, -0.2) is 14.0 Å². The van der Waals surface area contributed by atoms with E-state index in [-0.39, 0.29) is 37.6 Å². The van der Waals surface area contributed by atoms with Crippen LogP contribution in [0.1, 0.15) is 31.9 Å². The minimum atomic E-state index is -0.949. The number of benzene rings is 2. The lowest BCUT2D eigenvalue weighted by molar-refractivity contribution is -0.0283. The molecule has 0 aliphatic carbocycles. The normalized spacial score (nSPS) is 14.5. The number of hydrogen-bond acceptors (Lipinski definition) is 6. The van der Waals surface area contributed by atoms with Crippen molar-refractivity contribution in [3.8, 4) is 11.8 Å². The smallest absolute Gasteiger partial charge is 0.410 e. The Balaban J connectivity index is 1.65. The van der Waals surface area contributed by atoms with Crippen LogP contribution in [0.4, 0.5) is 14.0 Å². The molecule has 8 nitrogen and oxygen atoms in total. The Kier molecular flexibility index (Phi) is 7.07. The summed E-state index contributed by atoms with van der Waals surface area (Å²) in [5.41, 5.74) is -0.877. The van der Waals surface area contributed by atoms with Crippen LogP contribution >= 0.6 is 0 Å². The van der Waals surface area contributed by atoms with Gasteiger partial charge in [-0.2, -0.15) is 5.26 Å². The van der Waals surface area contributed by atoms with E-state index in [2.05, 4.69) is 5.32 Å². The van der Waals surface area contributed by atoms with Crippen molar-refractivity contribution >= 4 is 12.2 Å². The predicted molar refractivity (Wildman–Crippen MR) is 117 cm³/mol. The molecule has 2 amide bonds. The Hall–Kier alpha value is -3.80. The number of nitrogens with one attached hydrogen (secondary N) is 1. The quantitative estimate of drug-likeness (QED) is 0.707. The fourth-order valence-corrected chi connectivity index (χ4v) is 3.22. The van der Waals surface area contributed by atoms with E-state index in [1.54, 1.807) is 26.8 Å². The van der Waals surface area contributed by atoms with Crippen molar-refractivity contribution in [1.82, 2.24) is 10.2 Å². The number of hydrogen-bond donors (Lipinski definition) is 1. The van der Waals surface area contributed by atoms with Crippen molar-refractivity contribution < 1.29 is 28.2 Å². The fraction of sp³-hybridized carbons (Fsp3) is 0.375. The number of carbonyl (C=O) groups excluding carboxylic acids is 2. The zero-order valence-electron chi connectivity index (χ0n) is 18.8. The van der Waals surface area contributed by atoms with Gasteiger partial charge >= 0.3 is 12.2 Å². The molecule has 0 atom stereocenters. The van der Waals surface area contributed by atoms with E-state index < -0.39 is 29.1 Å². The predicted octanol–water partition coefficient (Wildman–Crippen LogP) is 3.99. The number of halogens is 1.